The predicted octanol–water partition coefficient (Wildman–Crippen LogP) is 2.30. The van der Waals surface area contributed by atoms with Crippen LogP contribution in [0.4, 0.5) is 8.78 Å². The van der Waals surface area contributed by atoms with Crippen LogP contribution in [0.2, 0.25) is 0 Å². The minimum absolute atomic E-state index is 0.0113. The summed E-state index contributed by atoms with van der Waals surface area (Å²) in [6.45, 7) is 2.52. The molecule has 1 heterocycles. The molecule has 32 heavy (non-hydrogen) atoms. The fourth-order valence-corrected chi connectivity index (χ4v) is 4.24. The molecule has 0 unspecified atom stereocenters. The zero-order chi connectivity index (χ0) is 23.7. The van der Waals surface area contributed by atoms with E-state index < -0.39 is 6.61 Å². The lowest BCUT2D eigenvalue weighted by Crippen LogP contribution is -2.32. The largest absolute Gasteiger partial charge is 0.435 e. The number of amides is 2. The number of carbonyl (C=O) groups is 2. The van der Waals surface area contributed by atoms with Crippen LogP contribution in [0.1, 0.15) is 19.4 Å². The van der Waals surface area contributed by atoms with Crippen molar-refractivity contribution in [3.63, 3.8) is 0 Å². The standard InChI is InChI=1S/C19H26F2N6O3S2/c1-4-26(5-2)16(29)12-32-19-24-23-18(27(19)22)31-11-15(28)25(3)10-13-6-8-14(9-7-13)30-17(20)21/h6-9,17H,4-5,10-12,22H2,1-3H3. The molecule has 0 radical (unpaired) electrons. The molecule has 0 spiro atoms. The van der Waals surface area contributed by atoms with Crippen molar-refractivity contribution < 1.29 is 23.1 Å². The predicted molar refractivity (Wildman–Crippen MR) is 119 cm³/mol. The zero-order valence-electron chi connectivity index (χ0n) is 18.0. The molecule has 1 aromatic carbocycles. The van der Waals surface area contributed by atoms with E-state index in [1.807, 2.05) is 13.8 Å². The fourth-order valence-electron chi connectivity index (χ4n) is 2.63. The highest BCUT2D eigenvalue weighted by atomic mass is 32.2. The summed E-state index contributed by atoms with van der Waals surface area (Å²) in [6.07, 6.45) is 0. The molecular formula is C19H26F2N6O3S2. The van der Waals surface area contributed by atoms with E-state index in [0.717, 1.165) is 17.3 Å². The Kier molecular flexibility index (Phi) is 10.0. The van der Waals surface area contributed by atoms with Gasteiger partial charge in [0.05, 0.1) is 11.5 Å². The van der Waals surface area contributed by atoms with Gasteiger partial charge >= 0.3 is 6.61 Å². The molecule has 0 bridgehead atoms. The number of benzene rings is 1. The Morgan fingerprint density at radius 2 is 1.59 bits per heavy atom. The molecule has 0 fully saturated rings. The SMILES string of the molecule is CCN(CC)C(=O)CSc1nnc(SCC(=O)N(C)Cc2ccc(OC(F)F)cc2)n1N. The number of ether oxygens (including phenoxy) is 1. The van der Waals surface area contributed by atoms with E-state index in [2.05, 4.69) is 14.9 Å². The third-order valence-corrected chi connectivity index (χ3v) is 6.25. The molecule has 1 aromatic heterocycles. The molecule has 0 saturated carbocycles. The number of nitrogen functional groups attached to an aromatic ring is 1. The van der Waals surface area contributed by atoms with Crippen molar-refractivity contribution in [1.82, 2.24) is 24.7 Å². The molecule has 2 N–H and O–H groups in total. The summed E-state index contributed by atoms with van der Waals surface area (Å²) in [5.41, 5.74) is 0.769. The van der Waals surface area contributed by atoms with Gasteiger partial charge in [-0.1, -0.05) is 35.7 Å². The molecule has 0 aliphatic carbocycles. The van der Waals surface area contributed by atoms with Crippen LogP contribution in [0.25, 0.3) is 0 Å². The van der Waals surface area contributed by atoms with Crippen LogP contribution < -0.4 is 10.6 Å². The number of nitrogens with zero attached hydrogens (tertiary/aromatic N) is 5. The highest BCUT2D eigenvalue weighted by molar-refractivity contribution is 8.00. The highest BCUT2D eigenvalue weighted by Crippen LogP contribution is 2.22. The van der Waals surface area contributed by atoms with Gasteiger partial charge in [-0.25, -0.2) is 4.68 Å². The summed E-state index contributed by atoms with van der Waals surface area (Å²) in [4.78, 5) is 27.8. The number of carbonyl (C=O) groups excluding carboxylic acids is 2. The van der Waals surface area contributed by atoms with Gasteiger partial charge in [-0.3, -0.25) is 9.59 Å². The number of hydrogen-bond acceptors (Lipinski definition) is 8. The Labute approximate surface area is 193 Å². The molecule has 0 aliphatic rings. The molecule has 0 atom stereocenters. The first kappa shape index (κ1) is 25.7. The maximum Gasteiger partial charge on any atom is 0.387 e. The Hall–Kier alpha value is -2.54. The van der Waals surface area contributed by atoms with E-state index in [1.54, 1.807) is 24.1 Å². The smallest absolute Gasteiger partial charge is 0.387 e. The van der Waals surface area contributed by atoms with Crippen molar-refractivity contribution in [2.24, 2.45) is 0 Å². The quantitative estimate of drug-likeness (QED) is 0.358. The summed E-state index contributed by atoms with van der Waals surface area (Å²) in [7, 11) is 1.64. The molecule has 9 nitrogen and oxygen atoms in total. The number of thioether (sulfide) groups is 2. The van der Waals surface area contributed by atoms with Crippen LogP contribution in [0.5, 0.6) is 5.75 Å². The molecule has 13 heteroatoms. The van der Waals surface area contributed by atoms with Gasteiger partial charge in [-0.2, -0.15) is 8.78 Å². The van der Waals surface area contributed by atoms with Crippen LogP contribution in [0.15, 0.2) is 34.6 Å². The van der Waals surface area contributed by atoms with Gasteiger partial charge in [-0.05, 0) is 31.5 Å². The average molecular weight is 489 g/mol. The van der Waals surface area contributed by atoms with Crippen LogP contribution >= 0.6 is 23.5 Å². The monoisotopic (exact) mass is 488 g/mol. The second-order valence-electron chi connectivity index (χ2n) is 6.55. The van der Waals surface area contributed by atoms with Crippen molar-refractivity contribution in [1.29, 1.82) is 0 Å². The molecule has 0 aliphatic heterocycles. The van der Waals surface area contributed by atoms with E-state index >= 15 is 0 Å². The normalized spacial score (nSPS) is 10.9. The van der Waals surface area contributed by atoms with Crippen molar-refractivity contribution in [2.45, 2.75) is 37.3 Å². The highest BCUT2D eigenvalue weighted by Gasteiger charge is 2.17. The van der Waals surface area contributed by atoms with Crippen molar-refractivity contribution in [2.75, 3.05) is 37.5 Å². The maximum absolute atomic E-state index is 12.4. The van der Waals surface area contributed by atoms with Crippen molar-refractivity contribution in [3.05, 3.63) is 29.8 Å². The van der Waals surface area contributed by atoms with E-state index in [0.29, 0.717) is 29.9 Å². The number of halogens is 2. The summed E-state index contributed by atoms with van der Waals surface area (Å²) in [6, 6.07) is 6.09. The Morgan fingerprint density at radius 1 is 1.06 bits per heavy atom. The third kappa shape index (κ3) is 7.55. The molecule has 0 saturated heterocycles. The minimum Gasteiger partial charge on any atom is -0.435 e. The van der Waals surface area contributed by atoms with E-state index in [9.17, 15) is 18.4 Å². The lowest BCUT2D eigenvalue weighted by molar-refractivity contribution is -0.128. The van der Waals surface area contributed by atoms with E-state index in [-0.39, 0.29) is 29.1 Å². The van der Waals surface area contributed by atoms with Crippen LogP contribution in [0, 0.1) is 0 Å². The zero-order valence-corrected chi connectivity index (χ0v) is 19.7. The topological polar surface area (TPSA) is 107 Å². The second kappa shape index (κ2) is 12.5. The van der Waals surface area contributed by atoms with Gasteiger partial charge in [0.25, 0.3) is 0 Å². The number of aromatic nitrogens is 3. The molecular weight excluding hydrogens is 462 g/mol. The molecule has 176 valence electrons. The lowest BCUT2D eigenvalue weighted by atomic mass is 10.2. The van der Waals surface area contributed by atoms with Gasteiger partial charge in [0.1, 0.15) is 5.75 Å². The van der Waals surface area contributed by atoms with Gasteiger partial charge in [-0.15, -0.1) is 10.2 Å². The number of alkyl halides is 2. The Balaban J connectivity index is 1.84. The first-order chi connectivity index (χ1) is 15.2. The van der Waals surface area contributed by atoms with Crippen LogP contribution in [-0.2, 0) is 16.1 Å². The Bertz CT molecular complexity index is 894. The van der Waals surface area contributed by atoms with Crippen molar-refractivity contribution in [3.8, 4) is 5.75 Å². The number of nitrogens with two attached hydrogens (primary N) is 1. The van der Waals surface area contributed by atoms with Crippen LogP contribution in [0.3, 0.4) is 0 Å². The van der Waals surface area contributed by atoms with Crippen LogP contribution in [-0.4, -0.2) is 74.7 Å². The molecule has 2 amide bonds. The number of hydrogen-bond donors (Lipinski definition) is 1. The van der Waals surface area contributed by atoms with E-state index in [1.165, 1.54) is 33.5 Å². The summed E-state index contributed by atoms with van der Waals surface area (Å²) >= 11 is 2.32. The average Bonchev–Trinajstić information content (AvgIpc) is 3.11. The minimum atomic E-state index is -2.88. The fraction of sp³-hybridized carbons (Fsp3) is 0.474. The second-order valence-corrected chi connectivity index (χ2v) is 8.44. The van der Waals surface area contributed by atoms with Crippen molar-refractivity contribution >= 4 is 35.3 Å². The molecule has 2 aromatic rings. The summed E-state index contributed by atoms with van der Waals surface area (Å²) in [5, 5.41) is 8.72. The lowest BCUT2D eigenvalue weighted by Gasteiger charge is -2.18. The third-order valence-electron chi connectivity index (χ3n) is 4.39. The van der Waals surface area contributed by atoms with Gasteiger partial charge in [0.15, 0.2) is 0 Å². The first-order valence-corrected chi connectivity index (χ1v) is 11.7. The summed E-state index contributed by atoms with van der Waals surface area (Å²) < 4.78 is 30.0. The summed E-state index contributed by atoms with van der Waals surface area (Å²) in [5.74, 6) is 6.16. The Morgan fingerprint density at radius 3 is 2.09 bits per heavy atom. The van der Waals surface area contributed by atoms with Gasteiger partial charge < -0.3 is 20.4 Å². The van der Waals surface area contributed by atoms with Gasteiger partial charge in [0, 0.05) is 26.7 Å². The van der Waals surface area contributed by atoms with E-state index in [4.69, 9.17) is 5.84 Å². The molecule has 2 rings (SSSR count). The number of rotatable bonds is 12. The maximum atomic E-state index is 12.4. The van der Waals surface area contributed by atoms with Gasteiger partial charge in [0.2, 0.25) is 22.1 Å². The first-order valence-electron chi connectivity index (χ1n) is 9.76.